The molecule has 5 nitrogen and oxygen atoms in total. The fraction of sp³-hybridized carbons (Fsp3) is 0.517. The Balaban J connectivity index is 1.59. The van der Waals surface area contributed by atoms with Crippen LogP contribution >= 0.6 is 0 Å². The first-order valence-electron chi connectivity index (χ1n) is 12.4. The molecule has 2 heterocycles. The van der Waals surface area contributed by atoms with E-state index in [4.69, 9.17) is 9.15 Å². The Morgan fingerprint density at radius 2 is 1.82 bits per heavy atom. The van der Waals surface area contributed by atoms with Crippen molar-refractivity contribution in [2.24, 2.45) is 5.92 Å². The van der Waals surface area contributed by atoms with Crippen molar-refractivity contribution in [3.63, 3.8) is 0 Å². The largest absolute Gasteiger partial charge is 0.467 e. The molecule has 186 valence electrons. The lowest BCUT2D eigenvalue weighted by Gasteiger charge is -2.26. The van der Waals surface area contributed by atoms with E-state index in [9.17, 15) is 5.11 Å². The fourth-order valence-corrected chi connectivity index (χ4v) is 4.00. The Bertz CT molecular complexity index is 952. The highest BCUT2D eigenvalue weighted by Gasteiger charge is 2.16. The summed E-state index contributed by atoms with van der Waals surface area (Å²) in [5.74, 6) is 1.39. The second-order valence-corrected chi connectivity index (χ2v) is 10.7. The Labute approximate surface area is 205 Å². The maximum atomic E-state index is 10.6. The summed E-state index contributed by atoms with van der Waals surface area (Å²) >= 11 is 0. The van der Waals surface area contributed by atoms with Gasteiger partial charge in [-0.25, -0.2) is 0 Å². The summed E-state index contributed by atoms with van der Waals surface area (Å²) in [6.45, 7) is 15.1. The highest BCUT2D eigenvalue weighted by atomic mass is 16.5. The van der Waals surface area contributed by atoms with Crippen molar-refractivity contribution in [3.8, 4) is 0 Å². The smallest absolute Gasteiger partial charge is 0.129 e. The lowest BCUT2D eigenvalue weighted by Crippen LogP contribution is -2.36. The van der Waals surface area contributed by atoms with E-state index in [2.05, 4.69) is 86.7 Å². The van der Waals surface area contributed by atoms with Crippen LogP contribution in [0, 0.1) is 5.92 Å². The molecule has 1 aromatic carbocycles. The van der Waals surface area contributed by atoms with Crippen LogP contribution in [-0.2, 0) is 29.8 Å². The Kier molecular flexibility index (Phi) is 9.57. The molecule has 1 atom stereocenters. The van der Waals surface area contributed by atoms with Gasteiger partial charge in [0.2, 0.25) is 0 Å². The molecular weight excluding hydrogens is 424 g/mol. The monoisotopic (exact) mass is 466 g/mol. The van der Waals surface area contributed by atoms with Crippen molar-refractivity contribution in [3.05, 3.63) is 83.6 Å². The van der Waals surface area contributed by atoms with Crippen molar-refractivity contribution in [1.82, 2.24) is 9.47 Å². The molecule has 5 heteroatoms. The number of ether oxygens (including phenoxy) is 1. The van der Waals surface area contributed by atoms with Crippen molar-refractivity contribution < 1.29 is 14.3 Å². The maximum absolute atomic E-state index is 10.6. The third kappa shape index (κ3) is 8.46. The van der Waals surface area contributed by atoms with Crippen LogP contribution in [-0.4, -0.2) is 40.4 Å². The molecule has 3 rings (SSSR count). The molecule has 0 aliphatic rings. The Hall–Kier alpha value is -2.34. The van der Waals surface area contributed by atoms with E-state index < -0.39 is 6.10 Å². The van der Waals surface area contributed by atoms with Crippen molar-refractivity contribution in [2.45, 2.75) is 72.3 Å². The van der Waals surface area contributed by atoms with Gasteiger partial charge in [0.05, 0.1) is 19.0 Å². The third-order valence-corrected chi connectivity index (χ3v) is 6.11. The molecule has 0 saturated carbocycles. The molecule has 2 aromatic heterocycles. The molecule has 3 aromatic rings. The number of aliphatic hydroxyl groups is 1. The van der Waals surface area contributed by atoms with Crippen LogP contribution in [0.15, 0.2) is 65.4 Å². The zero-order chi connectivity index (χ0) is 24.6. The average Bonchev–Trinajstić information content (AvgIpc) is 3.44. The molecule has 0 bridgehead atoms. The molecule has 0 radical (unpaired) electrons. The molecular formula is C29H42N2O3. The topological polar surface area (TPSA) is 50.8 Å². The summed E-state index contributed by atoms with van der Waals surface area (Å²) < 4.78 is 13.3. The van der Waals surface area contributed by atoms with Crippen LogP contribution in [0.1, 0.15) is 63.6 Å². The summed E-state index contributed by atoms with van der Waals surface area (Å²) in [4.78, 5) is 2.34. The van der Waals surface area contributed by atoms with Gasteiger partial charge in [0.1, 0.15) is 12.4 Å². The van der Waals surface area contributed by atoms with Crippen LogP contribution in [0.5, 0.6) is 0 Å². The van der Waals surface area contributed by atoms with Gasteiger partial charge >= 0.3 is 0 Å². The first kappa shape index (κ1) is 26.3. The first-order valence-corrected chi connectivity index (χ1v) is 12.4. The van der Waals surface area contributed by atoms with E-state index in [0.717, 1.165) is 31.8 Å². The molecule has 0 aliphatic heterocycles. The highest BCUT2D eigenvalue weighted by Crippen LogP contribution is 2.22. The van der Waals surface area contributed by atoms with Gasteiger partial charge < -0.3 is 18.8 Å². The van der Waals surface area contributed by atoms with E-state index in [1.807, 2.05) is 12.1 Å². The van der Waals surface area contributed by atoms with Crippen molar-refractivity contribution >= 4 is 0 Å². The minimum atomic E-state index is -0.546. The quantitative estimate of drug-likeness (QED) is 0.343. The molecule has 0 unspecified atom stereocenters. The standard InChI is InChI=1S/C29H42N2O3/c1-23(2)14-16-30(20-27(32)21-33-22-28-9-7-17-34-28)19-26-8-6-15-31(26)18-24-10-12-25(13-11-24)29(3,4)5/h6-13,15,17,23,27,32H,14,16,18-22H2,1-5H3/t27-/m0/s1. The van der Waals surface area contributed by atoms with E-state index >= 15 is 0 Å². The van der Waals surface area contributed by atoms with E-state index in [-0.39, 0.29) is 5.41 Å². The summed E-state index contributed by atoms with van der Waals surface area (Å²) in [5, 5.41) is 10.6. The van der Waals surface area contributed by atoms with E-state index in [1.165, 1.54) is 16.8 Å². The second-order valence-electron chi connectivity index (χ2n) is 10.7. The number of hydrogen-bond donors (Lipinski definition) is 1. The van der Waals surface area contributed by atoms with Crippen LogP contribution in [0.2, 0.25) is 0 Å². The van der Waals surface area contributed by atoms with Crippen LogP contribution in [0.4, 0.5) is 0 Å². The summed E-state index contributed by atoms with van der Waals surface area (Å²) in [5.41, 5.74) is 4.07. The van der Waals surface area contributed by atoms with Crippen LogP contribution in [0.25, 0.3) is 0 Å². The highest BCUT2D eigenvalue weighted by molar-refractivity contribution is 5.28. The second kappa shape index (κ2) is 12.4. The summed E-state index contributed by atoms with van der Waals surface area (Å²) in [7, 11) is 0. The minimum Gasteiger partial charge on any atom is -0.467 e. The number of rotatable bonds is 13. The van der Waals surface area contributed by atoms with Gasteiger partial charge in [0, 0.05) is 31.5 Å². The summed E-state index contributed by atoms with van der Waals surface area (Å²) in [6, 6.07) is 17.0. The van der Waals surface area contributed by atoms with Gasteiger partial charge in [-0.3, -0.25) is 4.90 Å². The molecule has 34 heavy (non-hydrogen) atoms. The van der Waals surface area contributed by atoms with Crippen molar-refractivity contribution in [2.75, 3.05) is 19.7 Å². The maximum Gasteiger partial charge on any atom is 0.129 e. The average molecular weight is 467 g/mol. The normalized spacial score (nSPS) is 13.2. The Morgan fingerprint density at radius 1 is 1.06 bits per heavy atom. The SMILES string of the molecule is CC(C)CCN(Cc1cccn1Cc1ccc(C(C)(C)C)cc1)C[C@H](O)COCc1ccco1. The van der Waals surface area contributed by atoms with Gasteiger partial charge in [-0.1, -0.05) is 58.9 Å². The van der Waals surface area contributed by atoms with Gasteiger partial charge in [-0.2, -0.15) is 0 Å². The number of nitrogens with zero attached hydrogens (tertiary/aromatic N) is 2. The molecule has 0 aliphatic carbocycles. The zero-order valence-corrected chi connectivity index (χ0v) is 21.5. The van der Waals surface area contributed by atoms with Gasteiger partial charge in [0.15, 0.2) is 0 Å². The predicted octanol–water partition coefficient (Wildman–Crippen LogP) is 5.85. The fourth-order valence-electron chi connectivity index (χ4n) is 4.00. The van der Waals surface area contributed by atoms with E-state index in [1.54, 1.807) is 6.26 Å². The lowest BCUT2D eigenvalue weighted by molar-refractivity contribution is 0.00296. The van der Waals surface area contributed by atoms with Crippen molar-refractivity contribution in [1.29, 1.82) is 0 Å². The molecule has 1 N–H and O–H groups in total. The van der Waals surface area contributed by atoms with Gasteiger partial charge in [-0.15, -0.1) is 0 Å². The molecule has 0 fully saturated rings. The molecule has 0 spiro atoms. The van der Waals surface area contributed by atoms with E-state index in [0.29, 0.717) is 25.7 Å². The Morgan fingerprint density at radius 3 is 2.47 bits per heavy atom. The number of aliphatic hydroxyl groups excluding tert-OH is 1. The predicted molar refractivity (Wildman–Crippen MR) is 138 cm³/mol. The lowest BCUT2D eigenvalue weighted by atomic mass is 9.87. The zero-order valence-electron chi connectivity index (χ0n) is 21.5. The summed E-state index contributed by atoms with van der Waals surface area (Å²) in [6.07, 6.45) is 4.33. The first-order chi connectivity index (χ1) is 16.2. The van der Waals surface area contributed by atoms with Gasteiger partial charge in [-0.05, 0) is 59.7 Å². The van der Waals surface area contributed by atoms with Crippen LogP contribution in [0.3, 0.4) is 0 Å². The number of furan rings is 1. The molecule has 0 saturated heterocycles. The molecule has 0 amide bonds. The number of aromatic nitrogens is 1. The minimum absolute atomic E-state index is 0.163. The van der Waals surface area contributed by atoms with Crippen LogP contribution < -0.4 is 0 Å². The third-order valence-electron chi connectivity index (χ3n) is 6.11. The number of hydrogen-bond acceptors (Lipinski definition) is 4. The number of benzene rings is 1. The van der Waals surface area contributed by atoms with Gasteiger partial charge in [0.25, 0.3) is 0 Å².